The van der Waals surface area contributed by atoms with Crippen molar-refractivity contribution in [3.05, 3.63) is 53.3 Å². The minimum Gasteiger partial charge on any atom is -0.491 e. The molecule has 184 valence electrons. The number of hydrogen-bond donors (Lipinski definition) is 0. The molecule has 2 aromatic rings. The lowest BCUT2D eigenvalue weighted by molar-refractivity contribution is 0.303. The predicted octanol–water partition coefficient (Wildman–Crippen LogP) is 11.0. The molecule has 0 saturated heterocycles. The van der Waals surface area contributed by atoms with Crippen LogP contribution in [0.5, 0.6) is 11.5 Å². The van der Waals surface area contributed by atoms with E-state index in [1.165, 1.54) is 11.1 Å². The van der Waals surface area contributed by atoms with Crippen molar-refractivity contribution >= 4 is 127 Å². The van der Waals surface area contributed by atoms with Gasteiger partial charge in [0.2, 0.25) is 0 Å². The molecule has 0 fully saturated rings. The maximum absolute atomic E-state index is 6.02. The molecule has 0 bridgehead atoms. The van der Waals surface area contributed by atoms with Crippen LogP contribution >= 0.6 is 127 Å². The van der Waals surface area contributed by atoms with Gasteiger partial charge in [0.25, 0.3) is 0 Å². The van der Waals surface area contributed by atoms with Crippen molar-refractivity contribution in [1.29, 1.82) is 0 Å². The Morgan fingerprint density at radius 1 is 0.606 bits per heavy atom. The summed E-state index contributed by atoms with van der Waals surface area (Å²) in [6, 6.07) is 8.49. The predicted molar refractivity (Wildman–Crippen MR) is 169 cm³/mol. The molecular weight excluding hydrogens is 947 g/mol. The van der Waals surface area contributed by atoms with Crippen LogP contribution in [0.2, 0.25) is 0 Å². The Morgan fingerprint density at radius 3 is 1.24 bits per heavy atom. The minimum atomic E-state index is 0.478. The van der Waals surface area contributed by atoms with Crippen LogP contribution in [-0.4, -0.2) is 33.5 Å². The van der Waals surface area contributed by atoms with E-state index in [-0.39, 0.29) is 0 Å². The maximum Gasteiger partial charge on any atom is 0.147 e. The Hall–Kier alpha value is 1.88. The molecule has 33 heavy (non-hydrogen) atoms. The van der Waals surface area contributed by atoms with Crippen LogP contribution in [0.15, 0.2) is 42.2 Å². The van der Waals surface area contributed by atoms with Gasteiger partial charge in [0, 0.05) is 20.3 Å². The van der Waals surface area contributed by atoms with Gasteiger partial charge < -0.3 is 9.47 Å². The average molecular weight is 972 g/mol. The van der Waals surface area contributed by atoms with Crippen molar-refractivity contribution in [2.24, 2.45) is 0 Å². The van der Waals surface area contributed by atoms with Gasteiger partial charge in [-0.05, 0) is 131 Å². The standard InChI is InChI=1S/C23H24Br8O2/c24-12-16(26)3-1-5-32-22-18(28)8-14(9-19(22)29)7-15-10-20(30)23(21(31)11-15)33-6-2-4-17(27)13-25/h8-11,16-17H,1-7,12-13H2. The molecule has 2 unspecified atom stereocenters. The van der Waals surface area contributed by atoms with Gasteiger partial charge in [-0.1, -0.05) is 63.7 Å². The van der Waals surface area contributed by atoms with Gasteiger partial charge in [0.1, 0.15) is 11.5 Å². The molecule has 0 radical (unpaired) electrons. The van der Waals surface area contributed by atoms with Crippen LogP contribution in [0.1, 0.15) is 36.8 Å². The van der Waals surface area contributed by atoms with Crippen molar-refractivity contribution < 1.29 is 9.47 Å². The second kappa shape index (κ2) is 16.7. The van der Waals surface area contributed by atoms with Crippen molar-refractivity contribution in [3.63, 3.8) is 0 Å². The van der Waals surface area contributed by atoms with Crippen LogP contribution in [0.25, 0.3) is 0 Å². The van der Waals surface area contributed by atoms with Crippen molar-refractivity contribution in [2.45, 2.75) is 41.8 Å². The van der Waals surface area contributed by atoms with E-state index in [1.807, 2.05) is 0 Å². The summed E-state index contributed by atoms with van der Waals surface area (Å²) in [5.41, 5.74) is 2.37. The summed E-state index contributed by atoms with van der Waals surface area (Å²) >= 11 is 29.0. The van der Waals surface area contributed by atoms with Crippen LogP contribution < -0.4 is 9.47 Å². The molecule has 0 aliphatic rings. The molecule has 2 aromatic carbocycles. The number of hydrogen-bond acceptors (Lipinski definition) is 2. The Balaban J connectivity index is 1.99. The molecule has 0 N–H and O–H groups in total. The number of halogens is 8. The summed E-state index contributed by atoms with van der Waals surface area (Å²) in [6.45, 7) is 1.36. The molecule has 0 aliphatic heterocycles. The summed E-state index contributed by atoms with van der Waals surface area (Å²) in [4.78, 5) is 0.957. The van der Waals surface area contributed by atoms with E-state index in [9.17, 15) is 0 Å². The van der Waals surface area contributed by atoms with E-state index in [0.717, 1.165) is 72.2 Å². The van der Waals surface area contributed by atoms with Gasteiger partial charge >= 0.3 is 0 Å². The zero-order valence-corrected chi connectivity index (χ0v) is 30.4. The third kappa shape index (κ3) is 11.0. The molecule has 0 aromatic heterocycles. The summed E-state index contributed by atoms with van der Waals surface area (Å²) in [5, 5.41) is 1.90. The van der Waals surface area contributed by atoms with Gasteiger partial charge in [0.15, 0.2) is 0 Å². The Kier molecular flexibility index (Phi) is 15.7. The molecular formula is C23H24Br8O2. The molecule has 0 spiro atoms. The number of rotatable bonds is 14. The molecule has 2 nitrogen and oxygen atoms in total. The first-order chi connectivity index (χ1) is 15.7. The second-order valence-electron chi connectivity index (χ2n) is 7.44. The highest BCUT2D eigenvalue weighted by Gasteiger charge is 2.13. The third-order valence-corrected chi connectivity index (χ3v) is 11.9. The lowest BCUT2D eigenvalue weighted by Gasteiger charge is -2.15. The lowest BCUT2D eigenvalue weighted by Crippen LogP contribution is -2.05. The summed E-state index contributed by atoms with van der Waals surface area (Å²) < 4.78 is 15.9. The zero-order valence-electron chi connectivity index (χ0n) is 17.7. The average Bonchev–Trinajstić information content (AvgIpc) is 2.76. The highest BCUT2D eigenvalue weighted by atomic mass is 79.9. The van der Waals surface area contributed by atoms with Crippen LogP contribution in [0.4, 0.5) is 0 Å². The number of alkyl halides is 4. The SMILES string of the molecule is BrCC(Br)CCCOc1c(Br)cc(Cc2cc(Br)c(OCCCC(Br)CBr)c(Br)c2)cc1Br. The van der Waals surface area contributed by atoms with Crippen LogP contribution in [-0.2, 0) is 6.42 Å². The Bertz CT molecular complexity index is 775. The fraction of sp³-hybridized carbons (Fsp3) is 0.478. The minimum absolute atomic E-state index is 0.478. The highest BCUT2D eigenvalue weighted by Crippen LogP contribution is 2.38. The first-order valence-electron chi connectivity index (χ1n) is 10.4. The van der Waals surface area contributed by atoms with Crippen molar-refractivity contribution in [3.8, 4) is 11.5 Å². The number of benzene rings is 2. The van der Waals surface area contributed by atoms with Crippen molar-refractivity contribution in [1.82, 2.24) is 0 Å². The van der Waals surface area contributed by atoms with E-state index in [0.29, 0.717) is 22.9 Å². The fourth-order valence-corrected chi connectivity index (χ4v) is 7.37. The van der Waals surface area contributed by atoms with Gasteiger partial charge in [0.05, 0.1) is 31.1 Å². The first kappa shape index (κ1) is 31.1. The van der Waals surface area contributed by atoms with Crippen LogP contribution in [0, 0.1) is 0 Å². The largest absolute Gasteiger partial charge is 0.491 e. The fourth-order valence-electron chi connectivity index (χ4n) is 3.05. The normalized spacial score (nSPS) is 13.1. The molecule has 2 atom stereocenters. The topological polar surface area (TPSA) is 18.5 Å². The zero-order chi connectivity index (χ0) is 24.4. The molecule has 0 aliphatic carbocycles. The smallest absolute Gasteiger partial charge is 0.147 e. The van der Waals surface area contributed by atoms with Gasteiger partial charge in [-0.15, -0.1) is 0 Å². The monoisotopic (exact) mass is 964 g/mol. The van der Waals surface area contributed by atoms with E-state index in [2.05, 4.69) is 152 Å². The summed E-state index contributed by atoms with van der Waals surface area (Å²) in [5.74, 6) is 1.70. The van der Waals surface area contributed by atoms with Gasteiger partial charge in [-0.25, -0.2) is 0 Å². The van der Waals surface area contributed by atoms with Gasteiger partial charge in [-0.3, -0.25) is 0 Å². The van der Waals surface area contributed by atoms with Gasteiger partial charge in [-0.2, -0.15) is 0 Å². The molecule has 0 heterocycles. The Labute approximate surface area is 264 Å². The van der Waals surface area contributed by atoms with Crippen molar-refractivity contribution in [2.75, 3.05) is 23.9 Å². The van der Waals surface area contributed by atoms with E-state index < -0.39 is 0 Å². The second-order valence-corrected chi connectivity index (χ2v) is 14.7. The lowest BCUT2D eigenvalue weighted by atomic mass is 10.0. The summed E-state index contributed by atoms with van der Waals surface area (Å²) in [6.07, 6.45) is 4.91. The third-order valence-electron chi connectivity index (χ3n) is 4.68. The quantitative estimate of drug-likeness (QED) is 0.139. The van der Waals surface area contributed by atoms with Crippen LogP contribution in [0.3, 0.4) is 0 Å². The van der Waals surface area contributed by atoms with E-state index in [1.54, 1.807) is 0 Å². The van der Waals surface area contributed by atoms with E-state index >= 15 is 0 Å². The molecule has 0 saturated carbocycles. The number of ether oxygens (including phenoxy) is 2. The highest BCUT2D eigenvalue weighted by molar-refractivity contribution is 9.12. The summed E-state index contributed by atoms with van der Waals surface area (Å²) in [7, 11) is 0. The van der Waals surface area contributed by atoms with E-state index in [4.69, 9.17) is 9.47 Å². The molecule has 2 rings (SSSR count). The first-order valence-corrected chi connectivity index (χ1v) is 17.6. The molecule has 10 heteroatoms. The molecule has 0 amide bonds. The Morgan fingerprint density at radius 2 is 0.939 bits per heavy atom. The maximum atomic E-state index is 6.02.